The van der Waals surface area contributed by atoms with Crippen molar-refractivity contribution in [1.29, 1.82) is 0 Å². The molecule has 2 rings (SSSR count). The second-order valence-corrected chi connectivity index (χ2v) is 6.11. The Morgan fingerprint density at radius 3 is 2.73 bits per heavy atom. The number of benzene rings is 1. The standard InChI is InChI=1S/C16H21N3O2S/c1-11(10-21-4)17-15(20)14-12(2)18-16(22-14)19(3)13-8-6-5-7-9-13/h5-9,11H,10H2,1-4H3,(H,17,20)/t11-/m0/s1. The third-order valence-corrected chi connectivity index (χ3v) is 4.45. The predicted octanol–water partition coefficient (Wildman–Crippen LogP) is 2.98. The Morgan fingerprint density at radius 1 is 1.41 bits per heavy atom. The first-order valence-corrected chi connectivity index (χ1v) is 7.90. The third-order valence-electron chi connectivity index (χ3n) is 3.22. The van der Waals surface area contributed by atoms with Gasteiger partial charge in [0.05, 0.1) is 12.3 Å². The maximum Gasteiger partial charge on any atom is 0.263 e. The van der Waals surface area contributed by atoms with E-state index in [-0.39, 0.29) is 11.9 Å². The molecule has 0 aliphatic rings. The number of carbonyl (C=O) groups excluding carboxylic acids is 1. The molecule has 1 N–H and O–H groups in total. The lowest BCUT2D eigenvalue weighted by molar-refractivity contribution is 0.0909. The summed E-state index contributed by atoms with van der Waals surface area (Å²) in [6.45, 7) is 4.25. The van der Waals surface area contributed by atoms with Crippen molar-refractivity contribution in [3.8, 4) is 0 Å². The van der Waals surface area contributed by atoms with Gasteiger partial charge in [0.2, 0.25) is 0 Å². The summed E-state index contributed by atoms with van der Waals surface area (Å²) in [7, 11) is 3.57. The number of thiazole rings is 1. The number of aromatic nitrogens is 1. The van der Waals surface area contributed by atoms with Gasteiger partial charge in [-0.05, 0) is 26.0 Å². The van der Waals surface area contributed by atoms with Crippen molar-refractivity contribution in [2.75, 3.05) is 25.7 Å². The van der Waals surface area contributed by atoms with E-state index in [4.69, 9.17) is 4.74 Å². The number of aryl methyl sites for hydroxylation is 1. The van der Waals surface area contributed by atoms with E-state index < -0.39 is 0 Å². The molecule has 22 heavy (non-hydrogen) atoms. The van der Waals surface area contributed by atoms with Crippen LogP contribution in [-0.2, 0) is 4.74 Å². The number of hydrogen-bond acceptors (Lipinski definition) is 5. The average molecular weight is 319 g/mol. The summed E-state index contributed by atoms with van der Waals surface area (Å²) in [5.41, 5.74) is 1.78. The van der Waals surface area contributed by atoms with Crippen molar-refractivity contribution in [3.05, 3.63) is 40.9 Å². The lowest BCUT2D eigenvalue weighted by Crippen LogP contribution is -2.35. The Bertz CT molecular complexity index is 628. The minimum atomic E-state index is -0.104. The fraction of sp³-hybridized carbons (Fsp3) is 0.375. The van der Waals surface area contributed by atoms with Crippen molar-refractivity contribution in [2.24, 2.45) is 0 Å². The highest BCUT2D eigenvalue weighted by molar-refractivity contribution is 7.17. The van der Waals surface area contributed by atoms with Crippen molar-refractivity contribution in [3.63, 3.8) is 0 Å². The molecule has 0 saturated carbocycles. The number of rotatable bonds is 6. The lowest BCUT2D eigenvalue weighted by Gasteiger charge is -2.15. The molecule has 118 valence electrons. The minimum Gasteiger partial charge on any atom is -0.383 e. The second-order valence-electron chi connectivity index (χ2n) is 5.14. The maximum atomic E-state index is 12.3. The Morgan fingerprint density at radius 2 is 2.09 bits per heavy atom. The van der Waals surface area contributed by atoms with E-state index in [1.807, 2.05) is 56.1 Å². The quantitative estimate of drug-likeness (QED) is 0.889. The first-order valence-electron chi connectivity index (χ1n) is 7.09. The van der Waals surface area contributed by atoms with Gasteiger partial charge in [0.25, 0.3) is 5.91 Å². The molecule has 0 spiro atoms. The van der Waals surface area contributed by atoms with E-state index in [1.165, 1.54) is 11.3 Å². The van der Waals surface area contributed by atoms with E-state index in [9.17, 15) is 4.79 Å². The molecule has 0 fully saturated rings. The molecular weight excluding hydrogens is 298 g/mol. The molecule has 0 aliphatic heterocycles. The van der Waals surface area contributed by atoms with Crippen LogP contribution in [-0.4, -0.2) is 37.7 Å². The highest BCUT2D eigenvalue weighted by Gasteiger charge is 2.19. The molecule has 0 unspecified atom stereocenters. The van der Waals surface area contributed by atoms with Gasteiger partial charge in [-0.15, -0.1) is 0 Å². The van der Waals surface area contributed by atoms with Crippen molar-refractivity contribution in [1.82, 2.24) is 10.3 Å². The monoisotopic (exact) mass is 319 g/mol. The molecular formula is C16H21N3O2S. The SMILES string of the molecule is COC[C@H](C)NC(=O)c1sc(N(C)c2ccccc2)nc1C. The summed E-state index contributed by atoms with van der Waals surface area (Å²) in [6, 6.07) is 9.92. The molecule has 1 aromatic carbocycles. The van der Waals surface area contributed by atoms with Crippen LogP contribution in [0.4, 0.5) is 10.8 Å². The molecule has 1 aromatic heterocycles. The van der Waals surface area contributed by atoms with Crippen molar-refractivity contribution < 1.29 is 9.53 Å². The summed E-state index contributed by atoms with van der Waals surface area (Å²) in [4.78, 5) is 19.4. The van der Waals surface area contributed by atoms with Crippen LogP contribution in [0.25, 0.3) is 0 Å². The molecule has 5 nitrogen and oxygen atoms in total. The van der Waals surface area contributed by atoms with Crippen molar-refractivity contribution in [2.45, 2.75) is 19.9 Å². The zero-order valence-electron chi connectivity index (χ0n) is 13.3. The normalized spacial score (nSPS) is 12.0. The Balaban J connectivity index is 2.16. The number of nitrogens with one attached hydrogen (secondary N) is 1. The van der Waals surface area contributed by atoms with Crippen LogP contribution in [0.5, 0.6) is 0 Å². The van der Waals surface area contributed by atoms with Gasteiger partial charge in [0.1, 0.15) is 4.88 Å². The fourth-order valence-corrected chi connectivity index (χ4v) is 3.03. The number of methoxy groups -OCH3 is 1. The summed E-state index contributed by atoms with van der Waals surface area (Å²) in [6.07, 6.45) is 0. The molecule has 1 heterocycles. The minimum absolute atomic E-state index is 0.0331. The topological polar surface area (TPSA) is 54.5 Å². The molecule has 1 atom stereocenters. The van der Waals surface area contributed by atoms with E-state index in [1.54, 1.807) is 7.11 Å². The smallest absolute Gasteiger partial charge is 0.263 e. The predicted molar refractivity (Wildman–Crippen MR) is 90.2 cm³/mol. The van der Waals surface area contributed by atoms with Gasteiger partial charge in [-0.25, -0.2) is 4.98 Å². The van der Waals surface area contributed by atoms with Gasteiger partial charge in [0, 0.05) is 25.9 Å². The van der Waals surface area contributed by atoms with Crippen LogP contribution in [0, 0.1) is 6.92 Å². The van der Waals surface area contributed by atoms with E-state index in [0.29, 0.717) is 11.5 Å². The van der Waals surface area contributed by atoms with Gasteiger partial charge < -0.3 is 15.0 Å². The number of carbonyl (C=O) groups is 1. The fourth-order valence-electron chi connectivity index (χ4n) is 2.08. The van der Waals surface area contributed by atoms with Gasteiger partial charge in [-0.3, -0.25) is 4.79 Å². The number of anilines is 2. The van der Waals surface area contributed by atoms with Gasteiger partial charge >= 0.3 is 0 Å². The number of hydrogen-bond donors (Lipinski definition) is 1. The molecule has 0 bridgehead atoms. The summed E-state index contributed by atoms with van der Waals surface area (Å²) in [5.74, 6) is -0.104. The number of ether oxygens (including phenoxy) is 1. The van der Waals surface area contributed by atoms with Crippen LogP contribution >= 0.6 is 11.3 Å². The van der Waals surface area contributed by atoms with Gasteiger partial charge in [-0.2, -0.15) is 0 Å². The first kappa shape index (κ1) is 16.5. The largest absolute Gasteiger partial charge is 0.383 e. The molecule has 1 amide bonds. The zero-order valence-corrected chi connectivity index (χ0v) is 14.1. The lowest BCUT2D eigenvalue weighted by atomic mass is 10.3. The Hall–Kier alpha value is -1.92. The van der Waals surface area contributed by atoms with E-state index in [2.05, 4.69) is 10.3 Å². The highest BCUT2D eigenvalue weighted by atomic mass is 32.1. The highest BCUT2D eigenvalue weighted by Crippen LogP contribution is 2.30. The van der Waals surface area contributed by atoms with Gasteiger partial charge in [0.15, 0.2) is 5.13 Å². The van der Waals surface area contributed by atoms with E-state index >= 15 is 0 Å². The molecule has 2 aromatic rings. The second kappa shape index (κ2) is 7.38. The zero-order chi connectivity index (χ0) is 16.1. The number of amides is 1. The van der Waals surface area contributed by atoms with Crippen LogP contribution in [0.2, 0.25) is 0 Å². The summed E-state index contributed by atoms with van der Waals surface area (Å²) in [5, 5.41) is 3.72. The van der Waals surface area contributed by atoms with Crippen LogP contribution in [0.3, 0.4) is 0 Å². The number of para-hydroxylation sites is 1. The summed E-state index contributed by atoms with van der Waals surface area (Å²) < 4.78 is 5.04. The molecule has 0 saturated heterocycles. The third kappa shape index (κ3) is 3.84. The molecule has 6 heteroatoms. The van der Waals surface area contributed by atoms with Crippen molar-refractivity contribution >= 4 is 28.1 Å². The molecule has 0 aliphatic carbocycles. The first-order chi connectivity index (χ1) is 10.5. The maximum absolute atomic E-state index is 12.3. The Kier molecular flexibility index (Phi) is 5.51. The summed E-state index contributed by atoms with van der Waals surface area (Å²) >= 11 is 1.39. The van der Waals surface area contributed by atoms with Gasteiger partial charge in [-0.1, -0.05) is 29.5 Å². The van der Waals surface area contributed by atoms with E-state index in [0.717, 1.165) is 16.5 Å². The number of nitrogens with zero attached hydrogens (tertiary/aromatic N) is 2. The van der Waals surface area contributed by atoms with Crippen LogP contribution in [0.15, 0.2) is 30.3 Å². The van der Waals surface area contributed by atoms with Crippen LogP contribution < -0.4 is 10.2 Å². The average Bonchev–Trinajstić information content (AvgIpc) is 2.89. The van der Waals surface area contributed by atoms with Crippen LogP contribution in [0.1, 0.15) is 22.3 Å². The molecule has 0 radical (unpaired) electrons. The Labute approximate surface area is 134 Å².